The van der Waals surface area contributed by atoms with Crippen molar-refractivity contribution in [2.75, 3.05) is 12.3 Å². The van der Waals surface area contributed by atoms with Crippen molar-refractivity contribution >= 4 is 16.9 Å². The molecule has 1 unspecified atom stereocenters. The predicted octanol–water partition coefficient (Wildman–Crippen LogP) is 2.11. The van der Waals surface area contributed by atoms with Crippen LogP contribution in [0.2, 0.25) is 0 Å². The zero-order valence-corrected chi connectivity index (χ0v) is 9.16. The molecule has 0 fully saturated rings. The summed E-state index contributed by atoms with van der Waals surface area (Å²) in [6.45, 7) is 9.91. The van der Waals surface area contributed by atoms with Crippen LogP contribution in [0.3, 0.4) is 0 Å². The van der Waals surface area contributed by atoms with Gasteiger partial charge in [-0.05, 0) is 12.3 Å². The van der Waals surface area contributed by atoms with Crippen LogP contribution in [-0.4, -0.2) is 23.5 Å². The lowest BCUT2D eigenvalue weighted by Crippen LogP contribution is -2.39. The molecule has 0 spiro atoms. The molecule has 0 radical (unpaired) electrons. The quantitative estimate of drug-likeness (QED) is 0.678. The Bertz CT molecular complexity index is 181. The van der Waals surface area contributed by atoms with E-state index < -0.39 is 0 Å². The number of nitrogens with zero attached hydrogens (tertiary/aromatic N) is 1. The van der Waals surface area contributed by atoms with Gasteiger partial charge in [-0.2, -0.15) is 0 Å². The summed E-state index contributed by atoms with van der Waals surface area (Å²) in [6, 6.07) is 0.488. The maximum Gasteiger partial charge on any atom is 0.156 e. The van der Waals surface area contributed by atoms with Gasteiger partial charge in [0.05, 0.1) is 6.54 Å². The molecule has 0 amide bonds. The van der Waals surface area contributed by atoms with E-state index >= 15 is 0 Å². The van der Waals surface area contributed by atoms with Crippen LogP contribution in [0.5, 0.6) is 0 Å². The largest absolute Gasteiger partial charge is 0.362 e. The molecule has 1 heterocycles. The Labute approximate surface area is 79.2 Å². The van der Waals surface area contributed by atoms with E-state index in [0.29, 0.717) is 11.5 Å². The van der Waals surface area contributed by atoms with Crippen LogP contribution in [0.1, 0.15) is 27.7 Å². The summed E-state index contributed by atoms with van der Waals surface area (Å²) in [5.41, 5.74) is 0.311. The Morgan fingerprint density at radius 3 is 2.58 bits per heavy atom. The van der Waals surface area contributed by atoms with Gasteiger partial charge < -0.3 is 5.32 Å². The van der Waals surface area contributed by atoms with Crippen molar-refractivity contribution in [2.45, 2.75) is 33.7 Å². The summed E-state index contributed by atoms with van der Waals surface area (Å²) in [5.74, 6) is 1.14. The van der Waals surface area contributed by atoms with E-state index in [1.165, 1.54) is 0 Å². The minimum atomic E-state index is 0.311. The monoisotopic (exact) mass is 186 g/mol. The lowest BCUT2D eigenvalue weighted by Gasteiger charge is -2.28. The number of rotatable bonds is 1. The van der Waals surface area contributed by atoms with Crippen LogP contribution >= 0.6 is 11.8 Å². The molecule has 12 heavy (non-hydrogen) atoms. The molecule has 70 valence electrons. The number of amidine groups is 1. The van der Waals surface area contributed by atoms with Gasteiger partial charge in [0.25, 0.3) is 0 Å². The Morgan fingerprint density at radius 1 is 1.50 bits per heavy atom. The lowest BCUT2D eigenvalue weighted by atomic mass is 9.88. The van der Waals surface area contributed by atoms with Gasteiger partial charge in [0.15, 0.2) is 5.17 Å². The second kappa shape index (κ2) is 3.69. The van der Waals surface area contributed by atoms with Gasteiger partial charge in [0.1, 0.15) is 0 Å². The summed E-state index contributed by atoms with van der Waals surface area (Å²) >= 11 is 1.83. The Balaban J connectivity index is 2.40. The highest BCUT2D eigenvalue weighted by atomic mass is 32.2. The first-order valence-electron chi connectivity index (χ1n) is 4.44. The maximum absolute atomic E-state index is 4.36. The van der Waals surface area contributed by atoms with Crippen LogP contribution < -0.4 is 5.32 Å². The third-order valence-corrected chi connectivity index (χ3v) is 3.13. The molecule has 1 aliphatic rings. The fraction of sp³-hybridized carbons (Fsp3) is 0.889. The van der Waals surface area contributed by atoms with Gasteiger partial charge in [-0.1, -0.05) is 32.5 Å². The molecule has 0 aromatic rings. The van der Waals surface area contributed by atoms with E-state index in [1.54, 1.807) is 0 Å². The molecule has 1 rings (SSSR count). The molecule has 1 atom stereocenters. The number of hydrogen-bond acceptors (Lipinski definition) is 3. The molecule has 0 aromatic carbocycles. The molecule has 1 N–H and O–H groups in total. The molecule has 0 saturated heterocycles. The summed E-state index contributed by atoms with van der Waals surface area (Å²) in [5, 5.41) is 4.55. The average molecular weight is 186 g/mol. The highest BCUT2D eigenvalue weighted by Gasteiger charge is 2.21. The van der Waals surface area contributed by atoms with Gasteiger partial charge in [-0.15, -0.1) is 0 Å². The van der Waals surface area contributed by atoms with Crippen LogP contribution in [0, 0.1) is 5.41 Å². The predicted molar refractivity (Wildman–Crippen MR) is 56.8 cm³/mol. The molecular weight excluding hydrogens is 168 g/mol. The van der Waals surface area contributed by atoms with Crippen LogP contribution in [-0.2, 0) is 0 Å². The van der Waals surface area contributed by atoms with Gasteiger partial charge in [0, 0.05) is 11.8 Å². The molecule has 1 aliphatic heterocycles. The summed E-state index contributed by atoms with van der Waals surface area (Å²) in [6.07, 6.45) is 0. The number of thioether (sulfide) groups is 1. The number of hydrogen-bond donors (Lipinski definition) is 1. The molecule has 3 heteroatoms. The maximum atomic E-state index is 4.36. The summed E-state index contributed by atoms with van der Waals surface area (Å²) in [4.78, 5) is 4.36. The van der Waals surface area contributed by atoms with Crippen molar-refractivity contribution < 1.29 is 0 Å². The van der Waals surface area contributed by atoms with Gasteiger partial charge in [-0.25, -0.2) is 0 Å². The van der Waals surface area contributed by atoms with E-state index in [9.17, 15) is 0 Å². The highest BCUT2D eigenvalue weighted by molar-refractivity contribution is 8.14. The third kappa shape index (κ3) is 2.70. The fourth-order valence-corrected chi connectivity index (χ4v) is 1.64. The minimum Gasteiger partial charge on any atom is -0.362 e. The normalized spacial score (nSPS) is 20.5. The molecule has 0 aliphatic carbocycles. The van der Waals surface area contributed by atoms with E-state index in [2.05, 4.69) is 38.0 Å². The van der Waals surface area contributed by atoms with E-state index in [-0.39, 0.29) is 0 Å². The topological polar surface area (TPSA) is 24.4 Å². The van der Waals surface area contributed by atoms with Gasteiger partial charge in [0.2, 0.25) is 0 Å². The SMILES string of the molecule is CC(NC1=NCCS1)C(C)(C)C. The first kappa shape index (κ1) is 9.90. The fourth-order valence-electron chi connectivity index (χ4n) is 0.824. The van der Waals surface area contributed by atoms with E-state index in [0.717, 1.165) is 17.5 Å². The van der Waals surface area contributed by atoms with Crippen molar-refractivity contribution in [1.29, 1.82) is 0 Å². The molecule has 0 bridgehead atoms. The lowest BCUT2D eigenvalue weighted by molar-refractivity contribution is 0.317. The standard InChI is InChI=1S/C9H18N2S/c1-7(9(2,3)4)11-8-10-5-6-12-8/h7H,5-6H2,1-4H3,(H,10,11). The van der Waals surface area contributed by atoms with Crippen molar-refractivity contribution in [2.24, 2.45) is 10.4 Å². The molecular formula is C9H18N2S. The van der Waals surface area contributed by atoms with Crippen LogP contribution in [0.25, 0.3) is 0 Å². The third-order valence-electron chi connectivity index (χ3n) is 2.22. The van der Waals surface area contributed by atoms with E-state index in [1.807, 2.05) is 11.8 Å². The molecule has 0 saturated carbocycles. The highest BCUT2D eigenvalue weighted by Crippen LogP contribution is 2.20. The van der Waals surface area contributed by atoms with Crippen molar-refractivity contribution in [3.63, 3.8) is 0 Å². The molecule has 2 nitrogen and oxygen atoms in total. The second-order valence-electron chi connectivity index (χ2n) is 4.27. The summed E-state index contributed by atoms with van der Waals surface area (Å²) < 4.78 is 0. The second-order valence-corrected chi connectivity index (χ2v) is 5.35. The van der Waals surface area contributed by atoms with Crippen molar-refractivity contribution in [3.05, 3.63) is 0 Å². The smallest absolute Gasteiger partial charge is 0.156 e. The van der Waals surface area contributed by atoms with Crippen LogP contribution in [0.4, 0.5) is 0 Å². The number of nitrogens with one attached hydrogen (secondary N) is 1. The Morgan fingerprint density at radius 2 is 2.17 bits per heavy atom. The summed E-state index contributed by atoms with van der Waals surface area (Å²) in [7, 11) is 0. The molecule has 0 aromatic heterocycles. The van der Waals surface area contributed by atoms with Gasteiger partial charge in [-0.3, -0.25) is 4.99 Å². The first-order valence-corrected chi connectivity index (χ1v) is 5.42. The van der Waals surface area contributed by atoms with Crippen LogP contribution in [0.15, 0.2) is 4.99 Å². The van der Waals surface area contributed by atoms with E-state index in [4.69, 9.17) is 0 Å². The van der Waals surface area contributed by atoms with Crippen molar-refractivity contribution in [3.8, 4) is 0 Å². The Hall–Kier alpha value is -0.180. The van der Waals surface area contributed by atoms with Crippen molar-refractivity contribution in [1.82, 2.24) is 5.32 Å². The number of aliphatic imine (C=N–C) groups is 1. The average Bonchev–Trinajstić information content (AvgIpc) is 2.37. The Kier molecular flexibility index (Phi) is 3.04. The zero-order chi connectivity index (χ0) is 9.19. The van der Waals surface area contributed by atoms with Gasteiger partial charge >= 0.3 is 0 Å². The zero-order valence-electron chi connectivity index (χ0n) is 8.35. The minimum absolute atomic E-state index is 0.311. The first-order chi connectivity index (χ1) is 5.50.